The van der Waals surface area contributed by atoms with Gasteiger partial charge in [0.25, 0.3) is 0 Å². The number of carbonyl (C=O) groups excluding carboxylic acids is 1. The smallest absolute Gasteiger partial charge is 0.407 e. The molecule has 2 atom stereocenters. The summed E-state index contributed by atoms with van der Waals surface area (Å²) in [6.45, 7) is -0.157. The number of rotatable bonds is 7. The Balaban J connectivity index is 1.34. The van der Waals surface area contributed by atoms with Gasteiger partial charge in [0.05, 0.1) is 5.56 Å². The average molecular weight is 468 g/mol. The van der Waals surface area contributed by atoms with E-state index < -0.39 is 24.3 Å². The van der Waals surface area contributed by atoms with Crippen LogP contribution in [0.1, 0.15) is 39.1 Å². The molecule has 3 aromatic carbocycles. The van der Waals surface area contributed by atoms with Crippen molar-refractivity contribution in [3.05, 3.63) is 94.0 Å². The van der Waals surface area contributed by atoms with Crippen molar-refractivity contribution in [3.8, 4) is 11.1 Å². The number of aliphatic hydroxyl groups excluding tert-OH is 2. The summed E-state index contributed by atoms with van der Waals surface area (Å²) in [4.78, 5) is 23.3. The van der Waals surface area contributed by atoms with Gasteiger partial charge >= 0.3 is 12.1 Å². The van der Waals surface area contributed by atoms with Crippen LogP contribution < -0.4 is 5.32 Å². The fraction of sp³-hybridized carbons (Fsp3) is 0.200. The van der Waals surface area contributed by atoms with Gasteiger partial charge in [0, 0.05) is 23.0 Å². The number of benzene rings is 3. The summed E-state index contributed by atoms with van der Waals surface area (Å²) in [7, 11) is 0. The van der Waals surface area contributed by atoms with Crippen LogP contribution in [0.4, 0.5) is 4.79 Å². The largest absolute Gasteiger partial charge is 0.478 e. The molecule has 4 N–H and O–H groups in total. The highest BCUT2D eigenvalue weighted by Crippen LogP contribution is 2.44. The highest BCUT2D eigenvalue weighted by atomic mass is 35.5. The number of alkyl carbamates (subject to hydrolysis) is 1. The molecule has 0 saturated heterocycles. The summed E-state index contributed by atoms with van der Waals surface area (Å²) in [5.74, 6) is -1.25. The molecule has 0 saturated carbocycles. The lowest BCUT2D eigenvalue weighted by molar-refractivity contribution is 0.0186. The Morgan fingerprint density at radius 2 is 1.58 bits per heavy atom. The number of nitrogens with one attached hydrogen (secondary N) is 1. The number of fused-ring (bicyclic) bond motifs is 3. The van der Waals surface area contributed by atoms with E-state index in [2.05, 4.69) is 5.32 Å². The van der Waals surface area contributed by atoms with Gasteiger partial charge in [-0.05, 0) is 34.4 Å². The van der Waals surface area contributed by atoms with E-state index in [-0.39, 0.29) is 35.2 Å². The fourth-order valence-corrected chi connectivity index (χ4v) is 4.35. The van der Waals surface area contributed by atoms with E-state index in [1.54, 1.807) is 0 Å². The predicted octanol–water partition coefficient (Wildman–Crippen LogP) is 3.97. The minimum Gasteiger partial charge on any atom is -0.478 e. The van der Waals surface area contributed by atoms with Crippen molar-refractivity contribution in [2.75, 3.05) is 13.2 Å². The standard InChI is InChI=1S/C25H22ClNO6/c26-21-11-14(24(30)31)9-10-19(21)23(29)22(28)12-27-25(32)33-13-20-17-7-3-1-5-15(17)16-6-2-4-8-18(16)20/h1-11,20,22-23,28-29H,12-13H2,(H,27,32)(H,30,31). The lowest BCUT2D eigenvalue weighted by atomic mass is 9.98. The molecule has 0 radical (unpaired) electrons. The molecule has 170 valence electrons. The van der Waals surface area contributed by atoms with Gasteiger partial charge in [-0.25, -0.2) is 9.59 Å². The number of aromatic carboxylic acids is 1. The maximum absolute atomic E-state index is 12.3. The fourth-order valence-electron chi connectivity index (χ4n) is 4.06. The minimum atomic E-state index is -1.42. The normalized spacial score (nSPS) is 14.2. The molecule has 33 heavy (non-hydrogen) atoms. The van der Waals surface area contributed by atoms with Gasteiger partial charge in [-0.3, -0.25) is 0 Å². The Hall–Kier alpha value is -3.39. The first-order valence-corrected chi connectivity index (χ1v) is 10.7. The summed E-state index contributed by atoms with van der Waals surface area (Å²) in [6, 6.07) is 19.7. The van der Waals surface area contributed by atoms with Gasteiger partial charge in [-0.1, -0.05) is 66.2 Å². The molecule has 2 unspecified atom stereocenters. The monoisotopic (exact) mass is 467 g/mol. The zero-order valence-corrected chi connectivity index (χ0v) is 18.2. The van der Waals surface area contributed by atoms with Crippen LogP contribution in [0, 0.1) is 0 Å². The van der Waals surface area contributed by atoms with Crippen LogP contribution in [0.3, 0.4) is 0 Å². The summed E-state index contributed by atoms with van der Waals surface area (Å²) in [6.07, 6.45) is -3.52. The second-order valence-corrected chi connectivity index (χ2v) is 8.17. The van der Waals surface area contributed by atoms with Crippen molar-refractivity contribution in [2.45, 2.75) is 18.1 Å². The van der Waals surface area contributed by atoms with Crippen LogP contribution in [0.15, 0.2) is 66.7 Å². The molecule has 1 aliphatic carbocycles. The summed E-state index contributed by atoms with van der Waals surface area (Å²) < 4.78 is 5.41. The molecule has 0 fully saturated rings. The third-order valence-electron chi connectivity index (χ3n) is 5.73. The van der Waals surface area contributed by atoms with Gasteiger partial charge < -0.3 is 25.4 Å². The Labute approximate surface area is 195 Å². The van der Waals surface area contributed by atoms with Crippen molar-refractivity contribution in [2.24, 2.45) is 0 Å². The van der Waals surface area contributed by atoms with E-state index in [0.717, 1.165) is 22.3 Å². The zero-order chi connectivity index (χ0) is 23.5. The molecule has 0 aromatic heterocycles. The Kier molecular flexibility index (Phi) is 6.65. The molecular formula is C25H22ClNO6. The number of carboxylic acids is 1. The van der Waals surface area contributed by atoms with E-state index in [9.17, 15) is 19.8 Å². The molecule has 0 spiro atoms. The molecule has 8 heteroatoms. The van der Waals surface area contributed by atoms with Crippen molar-refractivity contribution >= 4 is 23.7 Å². The third-order valence-corrected chi connectivity index (χ3v) is 6.06. The molecule has 7 nitrogen and oxygen atoms in total. The highest BCUT2D eigenvalue weighted by Gasteiger charge is 2.29. The van der Waals surface area contributed by atoms with Crippen LogP contribution in [-0.4, -0.2) is 46.6 Å². The van der Waals surface area contributed by atoms with Gasteiger partial charge in [-0.2, -0.15) is 0 Å². The van der Waals surface area contributed by atoms with Gasteiger partial charge in [0.1, 0.15) is 18.8 Å². The SMILES string of the molecule is O=C(NCC(O)C(O)c1ccc(C(=O)O)cc1Cl)OCC1c2ccccc2-c2ccccc21. The minimum absolute atomic E-state index is 0.00240. The third kappa shape index (κ3) is 4.71. The Bertz CT molecular complexity index is 1150. The average Bonchev–Trinajstić information content (AvgIpc) is 3.14. The topological polar surface area (TPSA) is 116 Å². The molecule has 1 aliphatic rings. The number of amides is 1. The van der Waals surface area contributed by atoms with Crippen molar-refractivity contribution in [3.63, 3.8) is 0 Å². The van der Waals surface area contributed by atoms with E-state index in [1.807, 2.05) is 48.5 Å². The van der Waals surface area contributed by atoms with Gasteiger partial charge in [-0.15, -0.1) is 0 Å². The number of halogens is 1. The molecule has 0 aliphatic heterocycles. The molecular weight excluding hydrogens is 446 g/mol. The molecule has 4 rings (SSSR count). The first kappa shape index (κ1) is 22.8. The maximum Gasteiger partial charge on any atom is 0.407 e. The van der Waals surface area contributed by atoms with Crippen molar-refractivity contribution in [1.29, 1.82) is 0 Å². The van der Waals surface area contributed by atoms with Crippen molar-refractivity contribution < 1.29 is 29.6 Å². The maximum atomic E-state index is 12.3. The Morgan fingerprint density at radius 1 is 0.970 bits per heavy atom. The van der Waals surface area contributed by atoms with Crippen LogP contribution in [0.25, 0.3) is 11.1 Å². The molecule has 0 bridgehead atoms. The summed E-state index contributed by atoms with van der Waals surface area (Å²) in [5, 5.41) is 32.1. The number of hydrogen-bond acceptors (Lipinski definition) is 5. The first-order chi connectivity index (χ1) is 15.9. The predicted molar refractivity (Wildman–Crippen MR) is 122 cm³/mol. The van der Waals surface area contributed by atoms with Crippen LogP contribution in [0.2, 0.25) is 5.02 Å². The Morgan fingerprint density at radius 3 is 2.15 bits per heavy atom. The van der Waals surface area contributed by atoms with Crippen LogP contribution in [-0.2, 0) is 4.74 Å². The zero-order valence-electron chi connectivity index (χ0n) is 17.4. The molecule has 1 amide bonds. The van der Waals surface area contributed by atoms with Gasteiger partial charge in [0.15, 0.2) is 0 Å². The van der Waals surface area contributed by atoms with E-state index in [0.29, 0.717) is 0 Å². The number of hydrogen-bond donors (Lipinski definition) is 4. The lowest BCUT2D eigenvalue weighted by Crippen LogP contribution is -2.36. The summed E-state index contributed by atoms with van der Waals surface area (Å²) in [5.41, 5.74) is 4.52. The quantitative estimate of drug-likeness (QED) is 0.418. The number of aliphatic hydroxyl groups is 2. The second kappa shape index (κ2) is 9.62. The van der Waals surface area contributed by atoms with E-state index >= 15 is 0 Å². The number of carbonyl (C=O) groups is 2. The van der Waals surface area contributed by atoms with E-state index in [4.69, 9.17) is 21.4 Å². The van der Waals surface area contributed by atoms with E-state index in [1.165, 1.54) is 18.2 Å². The first-order valence-electron chi connectivity index (χ1n) is 10.3. The molecule has 3 aromatic rings. The molecule has 0 heterocycles. The number of carboxylic acid groups (broad SMARTS) is 1. The number of ether oxygens (including phenoxy) is 1. The summed E-state index contributed by atoms with van der Waals surface area (Å²) >= 11 is 6.03. The van der Waals surface area contributed by atoms with Crippen LogP contribution in [0.5, 0.6) is 0 Å². The van der Waals surface area contributed by atoms with Crippen LogP contribution >= 0.6 is 11.6 Å². The second-order valence-electron chi connectivity index (χ2n) is 7.76. The van der Waals surface area contributed by atoms with Crippen molar-refractivity contribution in [1.82, 2.24) is 5.32 Å². The highest BCUT2D eigenvalue weighted by molar-refractivity contribution is 6.31. The lowest BCUT2D eigenvalue weighted by Gasteiger charge is -2.20. The van der Waals surface area contributed by atoms with Gasteiger partial charge in [0.2, 0.25) is 0 Å².